The number of unbranched alkanes of at least 4 members (excludes halogenated alkanes) is 2. The van der Waals surface area contributed by atoms with Crippen LogP contribution in [-0.4, -0.2) is 134 Å². The molecule has 3 fully saturated rings. The van der Waals surface area contributed by atoms with Crippen LogP contribution in [0.5, 0.6) is 11.5 Å². The number of phenolic OH excluding ortho intramolecular Hbond substituents is 2. The van der Waals surface area contributed by atoms with Gasteiger partial charge < -0.3 is 35.9 Å². The normalized spacial score (nSPS) is 20.4. The summed E-state index contributed by atoms with van der Waals surface area (Å²) in [5.74, 6) is -9.80. The van der Waals surface area contributed by atoms with Gasteiger partial charge in [-0.3, -0.25) is 39.1 Å². The fraction of sp³-hybridized carbons (Fsp3) is 0.457. The first-order chi connectivity index (χ1) is 27.2. The van der Waals surface area contributed by atoms with Gasteiger partial charge >= 0.3 is 23.9 Å². The predicted molar refractivity (Wildman–Crippen MR) is 201 cm³/mol. The number of aromatic hydroxyl groups is 2. The summed E-state index contributed by atoms with van der Waals surface area (Å²) in [7, 11) is 0. The Morgan fingerprint density at radius 3 is 2.31 bits per heavy atom. The Kier molecular flexibility index (Phi) is 12.5. The number of nitrogens with two attached hydrogens (primary N) is 1. The molecular formula is C35H39N7O14S2. The van der Waals surface area contributed by atoms with Crippen molar-refractivity contribution in [3.05, 3.63) is 34.3 Å². The van der Waals surface area contributed by atoms with Crippen LogP contribution in [0.3, 0.4) is 0 Å². The van der Waals surface area contributed by atoms with Gasteiger partial charge in [0.1, 0.15) is 5.69 Å². The maximum atomic E-state index is 13.5. The van der Waals surface area contributed by atoms with Gasteiger partial charge in [0.25, 0.3) is 0 Å². The van der Waals surface area contributed by atoms with E-state index in [1.54, 1.807) is 0 Å². The third kappa shape index (κ3) is 8.44. The number of β-lactam (4-membered cyclic amide) rings is 1. The van der Waals surface area contributed by atoms with E-state index >= 15 is 0 Å². The maximum Gasteiger partial charge on any atom is 0.350 e. The van der Waals surface area contributed by atoms with E-state index in [0.29, 0.717) is 6.42 Å². The number of carbonyl (C=O) groups is 9. The first-order valence-corrected chi connectivity index (χ1v) is 19.4. The molecule has 3 aliphatic rings. The number of Topliss-reactive ketones (excluding diaryl/α,β-unsaturated/α-hetero) is 4. The van der Waals surface area contributed by atoms with Gasteiger partial charge in [-0.2, -0.15) is 0 Å². The number of hydrogen-bond acceptors (Lipinski definition) is 17. The van der Waals surface area contributed by atoms with Crippen molar-refractivity contribution in [2.75, 3.05) is 25.4 Å². The number of carboxylic acid groups (broad SMARTS) is 2. The maximum absolute atomic E-state index is 13.5. The van der Waals surface area contributed by atoms with Crippen LogP contribution < -0.4 is 11.2 Å². The highest BCUT2D eigenvalue weighted by Gasteiger charge is 2.66. The van der Waals surface area contributed by atoms with Crippen molar-refractivity contribution in [1.82, 2.24) is 25.2 Å². The molecule has 0 radical (unpaired) electrons. The Morgan fingerprint density at radius 1 is 1.02 bits per heavy atom. The van der Waals surface area contributed by atoms with Crippen LogP contribution in [0.4, 0.5) is 9.93 Å². The SMILES string of the molecule is Cc1c(C(=O)C(=O)CCCCCC(=O)C(=O)NN2CCN([C@]3(C(=O)O)CN4C(=O)[C@@H](CC(=O)/C(=N\OC(C)(C)C(=O)O)c5csc(N)n5)[C@H]4S3)C2=O)ccc(O)c1O. The third-order valence-corrected chi connectivity index (χ3v) is 12.2. The predicted octanol–water partition coefficient (Wildman–Crippen LogP) is 1.04. The van der Waals surface area contributed by atoms with Gasteiger partial charge in [-0.25, -0.2) is 24.4 Å². The molecule has 1 aromatic heterocycles. The number of hydrogen-bond donors (Lipinski definition) is 6. The van der Waals surface area contributed by atoms with Gasteiger partial charge in [0, 0.05) is 42.3 Å². The number of carbonyl (C=O) groups excluding carboxylic acids is 7. The highest BCUT2D eigenvalue weighted by Crippen LogP contribution is 2.53. The highest BCUT2D eigenvalue weighted by atomic mass is 32.2. The number of rotatable bonds is 19. The number of nitrogens with one attached hydrogen (secondary N) is 1. The third-order valence-electron chi connectivity index (χ3n) is 9.75. The Labute approximate surface area is 337 Å². The zero-order valence-electron chi connectivity index (χ0n) is 31.3. The summed E-state index contributed by atoms with van der Waals surface area (Å²) in [5.41, 5.74) is 5.65. The van der Waals surface area contributed by atoms with Gasteiger partial charge in [-0.1, -0.05) is 23.3 Å². The second-order valence-electron chi connectivity index (χ2n) is 14.1. The molecule has 4 heterocycles. The molecule has 2 aromatic rings. The molecule has 0 spiro atoms. The second kappa shape index (κ2) is 16.8. The fourth-order valence-corrected chi connectivity index (χ4v) is 8.54. The number of thioether (sulfide) groups is 1. The van der Waals surface area contributed by atoms with E-state index in [9.17, 15) is 63.6 Å². The fourth-order valence-electron chi connectivity index (χ4n) is 6.30. The molecule has 0 aliphatic carbocycles. The first kappa shape index (κ1) is 43.0. The van der Waals surface area contributed by atoms with E-state index in [2.05, 4.69) is 15.6 Å². The molecule has 58 heavy (non-hydrogen) atoms. The van der Waals surface area contributed by atoms with Crippen molar-refractivity contribution in [3.63, 3.8) is 0 Å². The number of benzene rings is 1. The molecule has 0 saturated carbocycles. The molecular weight excluding hydrogens is 807 g/mol. The molecule has 7 N–H and O–H groups in total. The number of fused-ring (bicyclic) bond motifs is 1. The number of oxime groups is 1. The lowest BCUT2D eigenvalue weighted by Crippen LogP contribution is -2.60. The van der Waals surface area contributed by atoms with Gasteiger partial charge in [0.15, 0.2) is 28.1 Å². The van der Waals surface area contributed by atoms with Crippen molar-refractivity contribution in [3.8, 4) is 11.5 Å². The molecule has 3 atom stereocenters. The number of ketones is 4. The standard InChI is InChI=1S/C35H39N7O14S2/c1-16-17(9-10-21(44)25(16)47)26(48)20(43)7-5-4-6-8-22(45)27(49)38-42-12-11-41(33(42)55)35(31(53)54)15-40-28(50)18(29(40)58-35)13-23(46)24(19-14-57-32(36)37-19)39-56-34(2,3)30(51)52/h9-10,14,18,29,44,47H,4-8,11-13,15H2,1-3H3,(H2,36,37)(H,38,49)(H,51,52)(H,53,54)/b39-24-/t18-,29-,35-/m1/s1. The summed E-state index contributed by atoms with van der Waals surface area (Å²) < 4.78 is 0. The number of thiazole rings is 1. The summed E-state index contributed by atoms with van der Waals surface area (Å²) in [6, 6.07) is 1.37. The number of aromatic nitrogens is 1. The quantitative estimate of drug-likeness (QED) is 0.0219. The van der Waals surface area contributed by atoms with Gasteiger partial charge in [0.2, 0.25) is 33.7 Å². The number of aliphatic carboxylic acids is 2. The molecule has 23 heteroatoms. The van der Waals surface area contributed by atoms with Crippen molar-refractivity contribution in [2.24, 2.45) is 11.1 Å². The monoisotopic (exact) mass is 845 g/mol. The Hall–Kier alpha value is -6.10. The summed E-state index contributed by atoms with van der Waals surface area (Å²) in [5, 5.41) is 44.3. The molecule has 21 nitrogen and oxygen atoms in total. The van der Waals surface area contributed by atoms with E-state index < -0.39 is 105 Å². The average Bonchev–Trinajstić information content (AvgIpc) is 3.88. The van der Waals surface area contributed by atoms with Gasteiger partial charge in [-0.15, -0.1) is 11.3 Å². The average molecular weight is 846 g/mol. The van der Waals surface area contributed by atoms with Crippen LogP contribution >= 0.6 is 23.1 Å². The number of amides is 4. The number of carboxylic acids is 2. The number of hydrazine groups is 1. The summed E-state index contributed by atoms with van der Waals surface area (Å²) in [4.78, 5) is 124. The number of anilines is 1. The lowest BCUT2D eigenvalue weighted by molar-refractivity contribution is -0.161. The highest BCUT2D eigenvalue weighted by molar-refractivity contribution is 8.02. The van der Waals surface area contributed by atoms with Crippen molar-refractivity contribution >= 4 is 86.9 Å². The van der Waals surface area contributed by atoms with Crippen LogP contribution in [0.1, 0.15) is 74.0 Å². The minimum atomic E-state index is -2.02. The molecule has 0 bridgehead atoms. The summed E-state index contributed by atoms with van der Waals surface area (Å²) >= 11 is 1.73. The topological polar surface area (TPSA) is 317 Å². The van der Waals surface area contributed by atoms with Crippen molar-refractivity contribution < 1.29 is 68.4 Å². The second-order valence-corrected chi connectivity index (χ2v) is 16.4. The minimum Gasteiger partial charge on any atom is -0.504 e. The number of urea groups is 1. The minimum absolute atomic E-state index is 0.0230. The summed E-state index contributed by atoms with van der Waals surface area (Å²) in [6.07, 6.45) is -0.250. The van der Waals surface area contributed by atoms with E-state index in [1.807, 2.05) is 0 Å². The van der Waals surface area contributed by atoms with E-state index in [0.717, 1.165) is 39.1 Å². The number of nitrogens with zero attached hydrogens (tertiary/aromatic N) is 5. The molecule has 3 aliphatic heterocycles. The van der Waals surface area contributed by atoms with E-state index in [1.165, 1.54) is 37.1 Å². The Balaban J connectivity index is 1.14. The first-order valence-electron chi connectivity index (χ1n) is 17.7. The van der Waals surface area contributed by atoms with Gasteiger partial charge in [-0.05, 0) is 45.7 Å². The van der Waals surface area contributed by atoms with Crippen LogP contribution in [-0.2, 0) is 38.4 Å². The molecule has 1 aromatic carbocycles. The van der Waals surface area contributed by atoms with Crippen LogP contribution in [0.2, 0.25) is 0 Å². The van der Waals surface area contributed by atoms with Crippen molar-refractivity contribution in [2.45, 2.75) is 75.1 Å². The zero-order chi connectivity index (χ0) is 42.9. The van der Waals surface area contributed by atoms with Gasteiger partial charge in [0.05, 0.1) is 24.4 Å². The summed E-state index contributed by atoms with van der Waals surface area (Å²) in [6.45, 7) is 2.93. The lowest BCUT2D eigenvalue weighted by atomic mass is 9.90. The van der Waals surface area contributed by atoms with Crippen LogP contribution in [0.15, 0.2) is 22.7 Å². The Morgan fingerprint density at radius 2 is 1.69 bits per heavy atom. The smallest absolute Gasteiger partial charge is 0.350 e. The molecule has 5 rings (SSSR count). The number of nitrogen functional groups attached to an aromatic ring is 1. The van der Waals surface area contributed by atoms with E-state index in [4.69, 9.17) is 10.6 Å². The number of phenols is 2. The van der Waals surface area contributed by atoms with Crippen LogP contribution in [0.25, 0.3) is 0 Å². The lowest BCUT2D eigenvalue weighted by Gasteiger charge is -2.40. The Bertz CT molecular complexity index is 2140. The molecule has 0 unspecified atom stereocenters. The van der Waals surface area contributed by atoms with Crippen LogP contribution in [0, 0.1) is 12.8 Å². The van der Waals surface area contributed by atoms with E-state index in [-0.39, 0.29) is 60.7 Å². The molecule has 3 saturated heterocycles. The van der Waals surface area contributed by atoms with Crippen molar-refractivity contribution in [1.29, 1.82) is 0 Å². The largest absolute Gasteiger partial charge is 0.504 e. The molecule has 310 valence electrons. The molecule has 4 amide bonds. The zero-order valence-corrected chi connectivity index (χ0v) is 32.9.